The number of ether oxygens (including phenoxy) is 1. The molecule has 5 aromatic carbocycles. The smallest absolute Gasteiger partial charge is 0.328 e. The van der Waals surface area contributed by atoms with Crippen molar-refractivity contribution in [1.82, 2.24) is 5.32 Å². The van der Waals surface area contributed by atoms with E-state index in [1.165, 1.54) is 17.9 Å². The molecule has 178 valence electrons. The molecule has 1 amide bonds. The lowest BCUT2D eigenvalue weighted by molar-refractivity contribution is -0.142. The van der Waals surface area contributed by atoms with Gasteiger partial charge in [-0.3, -0.25) is 4.79 Å². The van der Waals surface area contributed by atoms with Gasteiger partial charge in [0.2, 0.25) is 0 Å². The van der Waals surface area contributed by atoms with Gasteiger partial charge in [-0.25, -0.2) is 4.79 Å². The molecule has 0 saturated heterocycles. The van der Waals surface area contributed by atoms with Gasteiger partial charge in [0, 0.05) is 6.42 Å². The first-order valence-corrected chi connectivity index (χ1v) is 11.7. The van der Waals surface area contributed by atoms with Crippen LogP contribution in [0.4, 0.5) is 0 Å². The molecular weight excluding hydrogens is 450 g/mol. The molecular formula is C31H25NO4. The second-order valence-electron chi connectivity index (χ2n) is 8.73. The van der Waals surface area contributed by atoms with Crippen LogP contribution in [0, 0.1) is 0 Å². The number of carbonyl (C=O) groups excluding carboxylic acids is 2. The summed E-state index contributed by atoms with van der Waals surface area (Å²) in [6, 6.07) is 32.2. The number of phenolic OH excluding ortho intramolecular Hbond substituents is 1. The first-order chi connectivity index (χ1) is 17.5. The summed E-state index contributed by atoms with van der Waals surface area (Å²) in [4.78, 5) is 25.5. The number of amides is 1. The minimum atomic E-state index is -0.903. The van der Waals surface area contributed by atoms with Crippen LogP contribution in [0.15, 0.2) is 103 Å². The van der Waals surface area contributed by atoms with Gasteiger partial charge < -0.3 is 15.2 Å². The Balaban J connectivity index is 1.35. The molecule has 0 aromatic heterocycles. The number of carbonyl (C=O) groups is 2. The molecule has 2 N–H and O–H groups in total. The first-order valence-electron chi connectivity index (χ1n) is 11.7. The van der Waals surface area contributed by atoms with E-state index < -0.39 is 17.9 Å². The number of methoxy groups -OCH3 is 1. The number of benzene rings is 5. The van der Waals surface area contributed by atoms with Crippen LogP contribution < -0.4 is 5.32 Å². The van der Waals surface area contributed by atoms with E-state index >= 15 is 0 Å². The van der Waals surface area contributed by atoms with Crippen molar-refractivity contribution in [1.29, 1.82) is 0 Å². The Bertz CT molecular complexity index is 1570. The van der Waals surface area contributed by atoms with Crippen molar-refractivity contribution in [2.75, 3.05) is 7.11 Å². The fourth-order valence-corrected chi connectivity index (χ4v) is 4.42. The van der Waals surface area contributed by atoms with Gasteiger partial charge in [-0.05, 0) is 56.4 Å². The molecule has 5 rings (SSSR count). The normalized spacial score (nSPS) is 11.8. The standard InChI is InChI=1S/C31H25NO4/c1-36-31(35)28(32-30(34)27-18-24-8-4-5-9-25(24)19-29(27)33)16-20-10-12-22(13-11-20)26-15-14-21-6-2-3-7-23(21)17-26/h2-15,17-19,28,33H,16H2,1H3,(H,32,34)/t28-/m0/s1. The van der Waals surface area contributed by atoms with Crippen LogP contribution in [-0.4, -0.2) is 30.1 Å². The number of esters is 1. The fraction of sp³-hybridized carbons (Fsp3) is 0.0968. The molecule has 5 nitrogen and oxygen atoms in total. The molecule has 0 heterocycles. The quantitative estimate of drug-likeness (QED) is 0.301. The van der Waals surface area contributed by atoms with E-state index in [2.05, 4.69) is 35.6 Å². The van der Waals surface area contributed by atoms with E-state index in [9.17, 15) is 14.7 Å². The number of phenols is 1. The van der Waals surface area contributed by atoms with Crippen molar-refractivity contribution in [3.63, 3.8) is 0 Å². The largest absolute Gasteiger partial charge is 0.507 e. The van der Waals surface area contributed by atoms with Crippen LogP contribution in [0.1, 0.15) is 15.9 Å². The van der Waals surface area contributed by atoms with E-state index in [1.807, 2.05) is 60.7 Å². The predicted molar refractivity (Wildman–Crippen MR) is 142 cm³/mol. The molecule has 36 heavy (non-hydrogen) atoms. The predicted octanol–water partition coefficient (Wildman–Crippen LogP) is 5.88. The van der Waals surface area contributed by atoms with Crippen molar-refractivity contribution in [2.24, 2.45) is 0 Å². The van der Waals surface area contributed by atoms with Crippen molar-refractivity contribution in [2.45, 2.75) is 12.5 Å². The first kappa shape index (κ1) is 23.1. The highest BCUT2D eigenvalue weighted by Crippen LogP contribution is 2.26. The maximum absolute atomic E-state index is 13.0. The number of rotatable bonds is 6. The Hall–Kier alpha value is -4.64. The fourth-order valence-electron chi connectivity index (χ4n) is 4.42. The average molecular weight is 476 g/mol. The van der Waals surface area contributed by atoms with Crippen molar-refractivity contribution in [3.05, 3.63) is 114 Å². The van der Waals surface area contributed by atoms with Gasteiger partial charge in [-0.15, -0.1) is 0 Å². The SMILES string of the molecule is COC(=O)[C@H](Cc1ccc(-c2ccc3ccccc3c2)cc1)NC(=O)c1cc2ccccc2cc1O. The molecule has 5 aromatic rings. The summed E-state index contributed by atoms with van der Waals surface area (Å²) in [7, 11) is 1.29. The minimum absolute atomic E-state index is 0.106. The van der Waals surface area contributed by atoms with Gasteiger partial charge in [0.15, 0.2) is 0 Å². The maximum atomic E-state index is 13.0. The lowest BCUT2D eigenvalue weighted by Crippen LogP contribution is -2.43. The summed E-state index contributed by atoms with van der Waals surface area (Å²) in [5.74, 6) is -1.24. The number of fused-ring (bicyclic) bond motifs is 2. The molecule has 5 heteroatoms. The van der Waals surface area contributed by atoms with E-state index in [0.717, 1.165) is 27.5 Å². The van der Waals surface area contributed by atoms with Crippen LogP contribution in [0.5, 0.6) is 5.75 Å². The van der Waals surface area contributed by atoms with E-state index in [4.69, 9.17) is 4.74 Å². The maximum Gasteiger partial charge on any atom is 0.328 e. The van der Waals surface area contributed by atoms with Gasteiger partial charge >= 0.3 is 5.97 Å². The summed E-state index contributed by atoms with van der Waals surface area (Å²) in [6.07, 6.45) is 0.255. The third kappa shape index (κ3) is 4.77. The third-order valence-electron chi connectivity index (χ3n) is 6.38. The lowest BCUT2D eigenvalue weighted by atomic mass is 9.98. The van der Waals surface area contributed by atoms with E-state index in [0.29, 0.717) is 0 Å². The van der Waals surface area contributed by atoms with Crippen LogP contribution in [0.25, 0.3) is 32.7 Å². The second-order valence-corrected chi connectivity index (χ2v) is 8.73. The van der Waals surface area contributed by atoms with Crippen LogP contribution in [0.3, 0.4) is 0 Å². The summed E-state index contributed by atoms with van der Waals surface area (Å²) < 4.78 is 4.94. The van der Waals surface area contributed by atoms with Crippen molar-refractivity contribution < 1.29 is 19.4 Å². The molecule has 0 aliphatic rings. The van der Waals surface area contributed by atoms with Gasteiger partial charge in [-0.1, -0.05) is 84.9 Å². The van der Waals surface area contributed by atoms with E-state index in [1.54, 1.807) is 12.1 Å². The zero-order valence-corrected chi connectivity index (χ0v) is 19.8. The molecule has 0 fully saturated rings. The monoisotopic (exact) mass is 475 g/mol. The summed E-state index contributed by atoms with van der Waals surface area (Å²) in [6.45, 7) is 0. The Morgan fingerprint density at radius 3 is 2.00 bits per heavy atom. The third-order valence-corrected chi connectivity index (χ3v) is 6.38. The Morgan fingerprint density at radius 2 is 1.33 bits per heavy atom. The lowest BCUT2D eigenvalue weighted by Gasteiger charge is -2.17. The highest BCUT2D eigenvalue weighted by molar-refractivity contribution is 6.03. The summed E-state index contributed by atoms with van der Waals surface area (Å²) in [5.41, 5.74) is 3.14. The zero-order chi connectivity index (χ0) is 25.1. The number of hydrogen-bond acceptors (Lipinski definition) is 4. The molecule has 0 bridgehead atoms. The summed E-state index contributed by atoms with van der Waals surface area (Å²) >= 11 is 0. The van der Waals surface area contributed by atoms with Gasteiger partial charge in [0.25, 0.3) is 5.91 Å². The Morgan fingerprint density at radius 1 is 0.750 bits per heavy atom. The molecule has 0 unspecified atom stereocenters. The van der Waals surface area contributed by atoms with Crippen molar-refractivity contribution in [3.8, 4) is 16.9 Å². The summed E-state index contributed by atoms with van der Waals surface area (Å²) in [5, 5.41) is 17.1. The average Bonchev–Trinajstić information content (AvgIpc) is 2.92. The Labute approximate surface area is 209 Å². The van der Waals surface area contributed by atoms with Crippen LogP contribution in [-0.2, 0) is 16.0 Å². The van der Waals surface area contributed by atoms with Crippen LogP contribution >= 0.6 is 0 Å². The topological polar surface area (TPSA) is 75.6 Å². The van der Waals surface area contributed by atoms with Crippen molar-refractivity contribution >= 4 is 33.4 Å². The molecule has 0 spiro atoms. The molecule has 0 aliphatic carbocycles. The number of aromatic hydroxyl groups is 1. The van der Waals surface area contributed by atoms with Gasteiger partial charge in [-0.2, -0.15) is 0 Å². The van der Waals surface area contributed by atoms with E-state index in [-0.39, 0.29) is 17.7 Å². The molecule has 0 saturated carbocycles. The molecule has 1 atom stereocenters. The highest BCUT2D eigenvalue weighted by Gasteiger charge is 2.24. The van der Waals surface area contributed by atoms with Gasteiger partial charge in [0.05, 0.1) is 12.7 Å². The van der Waals surface area contributed by atoms with Gasteiger partial charge in [0.1, 0.15) is 11.8 Å². The zero-order valence-electron chi connectivity index (χ0n) is 19.8. The Kier molecular flexibility index (Phi) is 6.37. The molecule has 0 aliphatic heterocycles. The minimum Gasteiger partial charge on any atom is -0.507 e. The molecule has 0 radical (unpaired) electrons. The number of hydrogen-bond donors (Lipinski definition) is 2. The highest BCUT2D eigenvalue weighted by atomic mass is 16.5. The van der Waals surface area contributed by atoms with Crippen LogP contribution in [0.2, 0.25) is 0 Å². The number of nitrogens with one attached hydrogen (secondary N) is 1. The second kappa shape index (κ2) is 9.92.